The maximum absolute atomic E-state index is 12.6. The number of amides is 1. The summed E-state index contributed by atoms with van der Waals surface area (Å²) in [6, 6.07) is 6.53. The summed E-state index contributed by atoms with van der Waals surface area (Å²) in [5.74, 6) is 1.58. The predicted octanol–water partition coefficient (Wildman–Crippen LogP) is 4.64. The van der Waals surface area contributed by atoms with Crippen LogP contribution < -0.4 is 5.32 Å². The van der Waals surface area contributed by atoms with Crippen LogP contribution in [0.25, 0.3) is 11.0 Å². The van der Waals surface area contributed by atoms with E-state index in [0.29, 0.717) is 11.6 Å². The summed E-state index contributed by atoms with van der Waals surface area (Å²) in [4.78, 5) is 19.7. The lowest BCUT2D eigenvalue weighted by molar-refractivity contribution is 0.0947. The van der Waals surface area contributed by atoms with Crippen LogP contribution in [0.5, 0.6) is 0 Å². The van der Waals surface area contributed by atoms with E-state index >= 15 is 0 Å². The SMILES string of the molecule is C[C@@H]1C[C@@H](C)CN(CCCNC(=O)c2ccc3c(c2)ncn3C2CCCCC2)C1. The van der Waals surface area contributed by atoms with Gasteiger partial charge in [-0.15, -0.1) is 0 Å². The van der Waals surface area contributed by atoms with E-state index in [9.17, 15) is 4.79 Å². The summed E-state index contributed by atoms with van der Waals surface area (Å²) in [5, 5.41) is 3.10. The van der Waals surface area contributed by atoms with Gasteiger partial charge < -0.3 is 14.8 Å². The zero-order valence-electron chi connectivity index (χ0n) is 18.1. The van der Waals surface area contributed by atoms with Gasteiger partial charge in [-0.3, -0.25) is 4.79 Å². The predicted molar refractivity (Wildman–Crippen MR) is 118 cm³/mol. The first kappa shape index (κ1) is 20.4. The Bertz CT molecular complexity index is 813. The van der Waals surface area contributed by atoms with Crippen molar-refractivity contribution in [3.05, 3.63) is 30.1 Å². The maximum Gasteiger partial charge on any atom is 0.251 e. The van der Waals surface area contributed by atoms with E-state index in [4.69, 9.17) is 0 Å². The number of aromatic nitrogens is 2. The van der Waals surface area contributed by atoms with Crippen LogP contribution in [0, 0.1) is 11.8 Å². The third kappa shape index (κ3) is 5.00. The highest BCUT2D eigenvalue weighted by Gasteiger charge is 2.21. The van der Waals surface area contributed by atoms with Crippen molar-refractivity contribution >= 4 is 16.9 Å². The van der Waals surface area contributed by atoms with Crippen LogP contribution in [0.3, 0.4) is 0 Å². The van der Waals surface area contributed by atoms with Gasteiger partial charge in [0.1, 0.15) is 0 Å². The average Bonchev–Trinajstić information content (AvgIpc) is 3.14. The van der Waals surface area contributed by atoms with Crippen LogP contribution in [0.1, 0.15) is 75.2 Å². The highest BCUT2D eigenvalue weighted by atomic mass is 16.1. The van der Waals surface area contributed by atoms with Crippen molar-refractivity contribution in [2.75, 3.05) is 26.2 Å². The Kier molecular flexibility index (Phi) is 6.53. The lowest BCUT2D eigenvalue weighted by Gasteiger charge is -2.34. The Morgan fingerprint density at radius 3 is 2.66 bits per heavy atom. The number of carbonyl (C=O) groups is 1. The van der Waals surface area contributed by atoms with Gasteiger partial charge in [0.15, 0.2) is 0 Å². The van der Waals surface area contributed by atoms with Gasteiger partial charge in [-0.05, 0) is 62.3 Å². The minimum absolute atomic E-state index is 0.0134. The molecule has 5 nitrogen and oxygen atoms in total. The Morgan fingerprint density at radius 2 is 1.90 bits per heavy atom. The molecule has 0 unspecified atom stereocenters. The fraction of sp³-hybridized carbons (Fsp3) is 0.667. The van der Waals surface area contributed by atoms with Crippen LogP contribution in [0.2, 0.25) is 0 Å². The van der Waals surface area contributed by atoms with Crippen molar-refractivity contribution in [3.8, 4) is 0 Å². The van der Waals surface area contributed by atoms with Gasteiger partial charge in [0.25, 0.3) is 5.91 Å². The number of rotatable bonds is 6. The van der Waals surface area contributed by atoms with Crippen LogP contribution in [-0.2, 0) is 0 Å². The number of carbonyl (C=O) groups excluding carboxylic acids is 1. The second kappa shape index (κ2) is 9.29. The number of fused-ring (bicyclic) bond motifs is 1. The molecule has 1 aromatic heterocycles. The molecular weight excluding hydrogens is 360 g/mol. The summed E-state index contributed by atoms with van der Waals surface area (Å²) in [7, 11) is 0. The molecule has 2 fully saturated rings. The van der Waals surface area contributed by atoms with Gasteiger partial charge in [0, 0.05) is 31.2 Å². The van der Waals surface area contributed by atoms with E-state index in [1.165, 1.54) is 51.6 Å². The monoisotopic (exact) mass is 396 g/mol. The number of benzene rings is 1. The minimum atomic E-state index is 0.0134. The van der Waals surface area contributed by atoms with Gasteiger partial charge in [-0.25, -0.2) is 4.98 Å². The summed E-state index contributed by atoms with van der Waals surface area (Å²) in [6.07, 6.45) is 10.7. The molecule has 1 aliphatic carbocycles. The molecule has 0 radical (unpaired) electrons. The number of hydrogen-bond donors (Lipinski definition) is 1. The zero-order chi connectivity index (χ0) is 20.2. The molecule has 158 valence electrons. The molecule has 29 heavy (non-hydrogen) atoms. The van der Waals surface area contributed by atoms with Crippen molar-refractivity contribution in [1.29, 1.82) is 0 Å². The summed E-state index contributed by atoms with van der Waals surface area (Å²) in [5.41, 5.74) is 2.80. The van der Waals surface area contributed by atoms with Gasteiger partial charge in [0.05, 0.1) is 17.4 Å². The number of nitrogens with zero attached hydrogens (tertiary/aromatic N) is 3. The number of imidazole rings is 1. The largest absolute Gasteiger partial charge is 0.352 e. The van der Waals surface area contributed by atoms with Gasteiger partial charge in [-0.1, -0.05) is 33.1 Å². The first-order chi connectivity index (χ1) is 14.1. The Hall–Kier alpha value is -1.88. The Labute approximate surface area is 174 Å². The number of piperidine rings is 1. The summed E-state index contributed by atoms with van der Waals surface area (Å²) >= 11 is 0. The maximum atomic E-state index is 12.6. The van der Waals surface area contributed by atoms with Crippen molar-refractivity contribution < 1.29 is 4.79 Å². The Balaban J connectivity index is 1.29. The average molecular weight is 397 g/mol. The lowest BCUT2D eigenvalue weighted by atomic mass is 9.92. The van der Waals surface area contributed by atoms with E-state index in [2.05, 4.69) is 39.7 Å². The van der Waals surface area contributed by atoms with Crippen molar-refractivity contribution in [1.82, 2.24) is 19.8 Å². The lowest BCUT2D eigenvalue weighted by Crippen LogP contribution is -2.40. The van der Waals surface area contributed by atoms with Crippen LogP contribution in [0.4, 0.5) is 0 Å². The molecule has 1 saturated heterocycles. The highest BCUT2D eigenvalue weighted by molar-refractivity contribution is 5.97. The number of nitrogens with one attached hydrogen (secondary N) is 1. The van der Waals surface area contributed by atoms with E-state index in [1.54, 1.807) is 0 Å². The van der Waals surface area contributed by atoms with E-state index in [1.807, 2.05) is 18.5 Å². The van der Waals surface area contributed by atoms with Crippen LogP contribution in [0.15, 0.2) is 24.5 Å². The standard InChI is InChI=1S/C24H36N4O/c1-18-13-19(2)16-27(15-18)12-6-11-25-24(29)20-9-10-23-22(14-20)26-17-28(23)21-7-4-3-5-8-21/h9-10,14,17-19,21H,3-8,11-13,15-16H2,1-2H3,(H,25,29)/t18-,19-/m1/s1. The van der Waals surface area contributed by atoms with Gasteiger partial charge in [0.2, 0.25) is 0 Å². The molecule has 5 heteroatoms. The number of likely N-dealkylation sites (tertiary alicyclic amines) is 1. The molecule has 1 N–H and O–H groups in total. The normalized spacial score (nSPS) is 24.1. The van der Waals surface area contributed by atoms with Crippen molar-refractivity contribution in [2.24, 2.45) is 11.8 Å². The third-order valence-electron chi connectivity index (χ3n) is 6.69. The second-order valence-electron chi connectivity index (χ2n) is 9.46. The molecule has 2 aliphatic rings. The summed E-state index contributed by atoms with van der Waals surface area (Å²) in [6.45, 7) is 8.87. The molecule has 0 bridgehead atoms. The fourth-order valence-electron chi connectivity index (χ4n) is 5.40. The molecule has 2 aromatic rings. The highest BCUT2D eigenvalue weighted by Crippen LogP contribution is 2.31. The van der Waals surface area contributed by atoms with Gasteiger partial charge >= 0.3 is 0 Å². The third-order valence-corrected chi connectivity index (χ3v) is 6.69. The molecule has 4 rings (SSSR count). The minimum Gasteiger partial charge on any atom is -0.352 e. The van der Waals surface area contributed by atoms with Crippen LogP contribution in [-0.4, -0.2) is 46.5 Å². The smallest absolute Gasteiger partial charge is 0.251 e. The zero-order valence-corrected chi connectivity index (χ0v) is 18.1. The first-order valence-corrected chi connectivity index (χ1v) is 11.6. The molecule has 1 aromatic carbocycles. The number of hydrogen-bond acceptors (Lipinski definition) is 3. The van der Waals surface area contributed by atoms with E-state index in [0.717, 1.165) is 42.4 Å². The quantitative estimate of drug-likeness (QED) is 0.724. The molecule has 2 atom stereocenters. The topological polar surface area (TPSA) is 50.2 Å². The molecule has 1 aliphatic heterocycles. The van der Waals surface area contributed by atoms with Crippen molar-refractivity contribution in [2.45, 2.75) is 64.8 Å². The van der Waals surface area contributed by atoms with Gasteiger partial charge in [-0.2, -0.15) is 0 Å². The van der Waals surface area contributed by atoms with Crippen LogP contribution >= 0.6 is 0 Å². The van der Waals surface area contributed by atoms with E-state index < -0.39 is 0 Å². The van der Waals surface area contributed by atoms with Crippen molar-refractivity contribution in [3.63, 3.8) is 0 Å². The molecule has 2 heterocycles. The van der Waals surface area contributed by atoms with E-state index in [-0.39, 0.29) is 5.91 Å². The fourth-order valence-corrected chi connectivity index (χ4v) is 5.40. The summed E-state index contributed by atoms with van der Waals surface area (Å²) < 4.78 is 2.32. The molecular formula is C24H36N4O. The molecule has 1 saturated carbocycles. The second-order valence-corrected chi connectivity index (χ2v) is 9.46. The molecule has 1 amide bonds. The molecule has 0 spiro atoms. The first-order valence-electron chi connectivity index (χ1n) is 11.6. The Morgan fingerprint density at radius 1 is 1.14 bits per heavy atom.